The highest BCUT2D eigenvalue weighted by Gasteiger charge is 2.50. The maximum absolute atomic E-state index is 14.0. The summed E-state index contributed by atoms with van der Waals surface area (Å²) in [5, 5.41) is 50.0. The number of nitrogens with one attached hydrogen (secondary N) is 1. The predicted octanol–water partition coefficient (Wildman–Crippen LogP) is 3.87. The highest BCUT2D eigenvalue weighted by molar-refractivity contribution is 5.75. The van der Waals surface area contributed by atoms with Gasteiger partial charge in [-0.05, 0) is 93.8 Å². The van der Waals surface area contributed by atoms with Crippen molar-refractivity contribution < 1.29 is 49.0 Å². The molecule has 54 heavy (non-hydrogen) atoms. The molecular weight excluding hydrogens is 694 g/mol. The monoisotopic (exact) mass is 774 g/mol. The second-order valence-corrected chi connectivity index (χ2v) is 17.3. The molecule has 13 heteroatoms. The summed E-state index contributed by atoms with van der Waals surface area (Å²) in [5.74, 6) is -2.26. The number of nitrogens with zero attached hydrogens (tertiary/aromatic N) is 2. The molecule has 318 valence electrons. The zero-order valence-corrected chi connectivity index (χ0v) is 35.8. The van der Waals surface area contributed by atoms with E-state index in [-0.39, 0.29) is 43.4 Å². The smallest absolute Gasteiger partial charge is 0.311 e. The largest absolute Gasteiger partial charge is 0.459 e. The summed E-state index contributed by atoms with van der Waals surface area (Å²) in [6.45, 7) is 17.6. The second-order valence-electron chi connectivity index (χ2n) is 17.3. The van der Waals surface area contributed by atoms with Crippen molar-refractivity contribution in [1.82, 2.24) is 15.1 Å². The molecule has 2 aliphatic rings. The van der Waals surface area contributed by atoms with Gasteiger partial charge in [-0.3, -0.25) is 9.59 Å². The fourth-order valence-corrected chi connectivity index (χ4v) is 8.52. The summed E-state index contributed by atoms with van der Waals surface area (Å²) in [6.07, 6.45) is 1.07. The molecule has 2 aliphatic heterocycles. The van der Waals surface area contributed by atoms with Crippen molar-refractivity contribution in [3.05, 3.63) is 0 Å². The molecule has 0 aromatic carbocycles. The number of carbonyl (C=O) groups excluding carboxylic acids is 2. The molecule has 2 saturated heterocycles. The van der Waals surface area contributed by atoms with E-state index in [1.54, 1.807) is 20.8 Å². The Kier molecular flexibility index (Phi) is 20.3. The van der Waals surface area contributed by atoms with Gasteiger partial charge in [0.1, 0.15) is 23.9 Å². The molecule has 0 radical (unpaired) electrons. The molecule has 14 atom stereocenters. The van der Waals surface area contributed by atoms with Gasteiger partial charge in [-0.2, -0.15) is 0 Å². The Morgan fingerprint density at radius 2 is 1.67 bits per heavy atom. The minimum atomic E-state index is -1.76. The number of hydrogen-bond donors (Lipinski definition) is 5. The first-order chi connectivity index (χ1) is 25.2. The molecule has 0 aromatic rings. The van der Waals surface area contributed by atoms with Gasteiger partial charge in [-0.25, -0.2) is 0 Å². The normalized spacial score (nSPS) is 39.5. The molecule has 2 rings (SSSR count). The summed E-state index contributed by atoms with van der Waals surface area (Å²) >= 11 is 0. The Labute approximate surface area is 326 Å². The predicted molar refractivity (Wildman–Crippen MR) is 210 cm³/mol. The molecule has 0 bridgehead atoms. The third-order valence-electron chi connectivity index (χ3n) is 11.9. The average Bonchev–Trinajstić information content (AvgIpc) is 3.09. The number of unbranched alkanes of at least 4 members (excludes halogenated alkanes) is 4. The molecule has 0 saturated carbocycles. The van der Waals surface area contributed by atoms with Crippen molar-refractivity contribution in [2.75, 3.05) is 40.8 Å². The molecule has 13 nitrogen and oxygen atoms in total. The van der Waals surface area contributed by atoms with Gasteiger partial charge in [-0.1, -0.05) is 53.4 Å². The quantitative estimate of drug-likeness (QED) is 0.121. The number of aliphatic hydroxyl groups excluding tert-OH is 2. The van der Waals surface area contributed by atoms with Crippen LogP contribution in [0.5, 0.6) is 0 Å². The first-order valence-electron chi connectivity index (χ1n) is 20.8. The van der Waals surface area contributed by atoms with Crippen LogP contribution in [0.4, 0.5) is 0 Å². The third kappa shape index (κ3) is 13.9. The molecule has 0 aromatic heterocycles. The third-order valence-corrected chi connectivity index (χ3v) is 11.9. The lowest BCUT2D eigenvalue weighted by molar-refractivity contribution is -0.300. The molecule has 5 N–H and O–H groups in total. The first-order valence-corrected chi connectivity index (χ1v) is 20.8. The molecule has 0 aliphatic carbocycles. The Morgan fingerprint density at radius 3 is 2.28 bits per heavy atom. The van der Waals surface area contributed by atoms with Crippen LogP contribution in [0, 0.1) is 17.8 Å². The van der Waals surface area contributed by atoms with Crippen molar-refractivity contribution in [3.8, 4) is 0 Å². The number of hydrogen-bond acceptors (Lipinski definition) is 12. The maximum Gasteiger partial charge on any atom is 0.311 e. The Morgan fingerprint density at radius 1 is 1.02 bits per heavy atom. The highest BCUT2D eigenvalue weighted by Crippen LogP contribution is 2.37. The van der Waals surface area contributed by atoms with Crippen LogP contribution in [0.3, 0.4) is 0 Å². The molecular formula is C41H79N3O10. The van der Waals surface area contributed by atoms with E-state index < -0.39 is 71.9 Å². The SMILES string of the molecule is CCCCCCCC(=O)NCCCO[C@H]1[C@H](C)[C@@H](O[C@@H]2O[C@H](C)C[C@H](N(C)C)[C@H]2O)[C@](C)(O)C[C@@H](C)CN(C)[C@H](C)[C@@H](O)[C@](C)(O)[C@@H](CC)OC(=O)[C@@H]1C. The number of ether oxygens (including phenoxy) is 4. The highest BCUT2D eigenvalue weighted by atomic mass is 16.7. The number of likely N-dealkylation sites (N-methyl/N-ethyl adjacent to an activating group) is 2. The first kappa shape index (κ1) is 48.7. The summed E-state index contributed by atoms with van der Waals surface area (Å²) in [5.41, 5.74) is -3.25. The van der Waals surface area contributed by atoms with E-state index in [4.69, 9.17) is 18.9 Å². The lowest BCUT2D eigenvalue weighted by Crippen LogP contribution is -2.59. The van der Waals surface area contributed by atoms with Gasteiger partial charge in [0.25, 0.3) is 0 Å². The van der Waals surface area contributed by atoms with E-state index in [1.807, 2.05) is 58.6 Å². The van der Waals surface area contributed by atoms with Gasteiger partial charge in [0.05, 0.1) is 29.8 Å². The van der Waals surface area contributed by atoms with Crippen LogP contribution in [0.15, 0.2) is 0 Å². The Bertz CT molecular complexity index is 1110. The van der Waals surface area contributed by atoms with Crippen molar-refractivity contribution in [3.63, 3.8) is 0 Å². The van der Waals surface area contributed by atoms with Crippen LogP contribution in [0.2, 0.25) is 0 Å². The van der Waals surface area contributed by atoms with Gasteiger partial charge in [0.2, 0.25) is 5.91 Å². The number of rotatable bonds is 15. The van der Waals surface area contributed by atoms with Gasteiger partial charge in [0.15, 0.2) is 6.29 Å². The summed E-state index contributed by atoms with van der Waals surface area (Å²) in [4.78, 5) is 30.4. The van der Waals surface area contributed by atoms with Crippen LogP contribution >= 0.6 is 0 Å². The Balaban J connectivity index is 2.49. The number of esters is 1. The molecule has 2 fully saturated rings. The van der Waals surface area contributed by atoms with E-state index >= 15 is 0 Å². The van der Waals surface area contributed by atoms with E-state index in [1.165, 1.54) is 13.3 Å². The van der Waals surface area contributed by atoms with Crippen molar-refractivity contribution >= 4 is 11.9 Å². The topological polar surface area (TPSA) is 170 Å². The van der Waals surface area contributed by atoms with Crippen LogP contribution in [0.1, 0.15) is 127 Å². The summed E-state index contributed by atoms with van der Waals surface area (Å²) in [7, 11) is 5.65. The maximum atomic E-state index is 14.0. The van der Waals surface area contributed by atoms with Crippen molar-refractivity contribution in [1.29, 1.82) is 0 Å². The number of carbonyl (C=O) groups is 2. The van der Waals surface area contributed by atoms with E-state index in [0.717, 1.165) is 25.7 Å². The van der Waals surface area contributed by atoms with Gasteiger partial charge < -0.3 is 54.5 Å². The van der Waals surface area contributed by atoms with E-state index in [2.05, 4.69) is 12.2 Å². The van der Waals surface area contributed by atoms with Crippen molar-refractivity contribution in [2.24, 2.45) is 17.8 Å². The number of amides is 1. The fraction of sp³-hybridized carbons (Fsp3) is 0.951. The fourth-order valence-electron chi connectivity index (χ4n) is 8.52. The lowest BCUT2D eigenvalue weighted by atomic mass is 9.77. The standard InChI is InChI=1S/C41H79N3O10/c1-13-15-16-17-18-20-33(45)42-21-19-22-51-35-28(5)37(54-39-34(46)31(43(10)11)23-27(4)52-39)40(8,49)24-26(3)25-44(12)30(7)36(47)41(9,50)32(14-2)53-38(48)29(35)6/h26-32,34-37,39,46-47,49-50H,13-25H2,1-12H3,(H,42,45)/t26-,27-,28+,29-,30-,31+,32-,34-,35+,36-,37-,39+,40-,41-/m1/s1. The molecule has 1 amide bonds. The molecule has 0 spiro atoms. The molecule has 2 heterocycles. The van der Waals surface area contributed by atoms with Gasteiger partial charge >= 0.3 is 5.97 Å². The van der Waals surface area contributed by atoms with Crippen molar-refractivity contribution in [2.45, 2.75) is 193 Å². The van der Waals surface area contributed by atoms with Crippen LogP contribution in [-0.2, 0) is 28.5 Å². The average molecular weight is 774 g/mol. The lowest BCUT2D eigenvalue weighted by Gasteiger charge is -2.47. The van der Waals surface area contributed by atoms with E-state index in [9.17, 15) is 30.0 Å². The van der Waals surface area contributed by atoms with Crippen LogP contribution in [-0.4, -0.2) is 149 Å². The van der Waals surface area contributed by atoms with Crippen LogP contribution < -0.4 is 5.32 Å². The Hall–Kier alpha value is -1.42. The minimum absolute atomic E-state index is 0.000425. The summed E-state index contributed by atoms with van der Waals surface area (Å²) < 4.78 is 25.4. The number of cyclic esters (lactones) is 1. The van der Waals surface area contributed by atoms with Gasteiger partial charge in [0, 0.05) is 44.1 Å². The molecule has 0 unspecified atom stereocenters. The van der Waals surface area contributed by atoms with E-state index in [0.29, 0.717) is 32.4 Å². The zero-order chi connectivity index (χ0) is 41.0. The van der Waals surface area contributed by atoms with Crippen LogP contribution in [0.25, 0.3) is 0 Å². The second kappa shape index (κ2) is 22.5. The summed E-state index contributed by atoms with van der Waals surface area (Å²) in [6, 6.07) is -0.755. The van der Waals surface area contributed by atoms with Gasteiger partial charge in [-0.15, -0.1) is 0 Å². The minimum Gasteiger partial charge on any atom is -0.459 e. The number of aliphatic hydroxyl groups is 4. The zero-order valence-electron chi connectivity index (χ0n) is 35.8.